The van der Waals surface area contributed by atoms with Crippen LogP contribution in [0.3, 0.4) is 0 Å². The average Bonchev–Trinajstić information content (AvgIpc) is 3.81. The summed E-state index contributed by atoms with van der Waals surface area (Å²) in [4.78, 5) is 15.0. The summed E-state index contributed by atoms with van der Waals surface area (Å²) < 4.78 is 8.99. The molecule has 0 aliphatic carbocycles. The fourth-order valence-electron chi connectivity index (χ4n) is 8.55. The van der Waals surface area contributed by atoms with Gasteiger partial charge in [-0.15, -0.1) is 0 Å². The standard InChI is InChI=1S/C51H30N4O/c1-3-12-33(13-4-1)49-52-50(34-14-5-2-6-15-34)54-51(53-49)37-20-19-32-22-25-46-48(40(32)28-37)42-30-38(23-26-45(42)56-46)55-43-24-21-31-11-9-10-18-39(31)47(43)41-27-35-16-7-8-17-36(35)29-44(41)55/h1-30H. The van der Waals surface area contributed by atoms with E-state index in [1.807, 2.05) is 60.7 Å². The van der Waals surface area contributed by atoms with E-state index in [0.717, 1.165) is 55.1 Å². The normalized spacial score (nSPS) is 11.9. The molecule has 3 heterocycles. The Morgan fingerprint density at radius 3 is 1.68 bits per heavy atom. The van der Waals surface area contributed by atoms with Crippen LogP contribution in [0.2, 0.25) is 0 Å². The summed E-state index contributed by atoms with van der Waals surface area (Å²) in [5.41, 5.74) is 7.90. The van der Waals surface area contributed by atoms with Crippen LogP contribution in [0.25, 0.3) is 116 Å². The van der Waals surface area contributed by atoms with E-state index >= 15 is 0 Å². The first-order valence-electron chi connectivity index (χ1n) is 18.8. The number of hydrogen-bond donors (Lipinski definition) is 0. The second-order valence-electron chi connectivity index (χ2n) is 14.4. The quantitative estimate of drug-likeness (QED) is 0.182. The van der Waals surface area contributed by atoms with Crippen molar-refractivity contribution in [2.75, 3.05) is 0 Å². The molecule has 9 aromatic carbocycles. The van der Waals surface area contributed by atoms with E-state index in [4.69, 9.17) is 19.4 Å². The third kappa shape index (κ3) is 4.71. The second-order valence-corrected chi connectivity index (χ2v) is 14.4. The van der Waals surface area contributed by atoms with Crippen LogP contribution in [0.4, 0.5) is 0 Å². The molecule has 0 aliphatic rings. The monoisotopic (exact) mass is 714 g/mol. The Kier molecular flexibility index (Phi) is 6.56. The lowest BCUT2D eigenvalue weighted by atomic mass is 10.0. The van der Waals surface area contributed by atoms with Crippen molar-refractivity contribution in [3.05, 3.63) is 182 Å². The number of furan rings is 1. The highest BCUT2D eigenvalue weighted by Gasteiger charge is 2.19. The summed E-state index contributed by atoms with van der Waals surface area (Å²) in [6.45, 7) is 0. The van der Waals surface area contributed by atoms with Crippen molar-refractivity contribution < 1.29 is 4.42 Å². The van der Waals surface area contributed by atoms with Crippen LogP contribution < -0.4 is 0 Å². The largest absolute Gasteiger partial charge is 0.456 e. The van der Waals surface area contributed by atoms with E-state index in [2.05, 4.69) is 126 Å². The van der Waals surface area contributed by atoms with Crippen LogP contribution in [0.5, 0.6) is 0 Å². The summed E-state index contributed by atoms with van der Waals surface area (Å²) in [6.07, 6.45) is 0. The number of rotatable bonds is 4. The van der Waals surface area contributed by atoms with Gasteiger partial charge in [0.15, 0.2) is 17.5 Å². The molecule has 0 spiro atoms. The van der Waals surface area contributed by atoms with Crippen molar-refractivity contribution in [2.45, 2.75) is 0 Å². The molecule has 12 rings (SSSR count). The first-order chi connectivity index (χ1) is 27.7. The van der Waals surface area contributed by atoms with E-state index in [-0.39, 0.29) is 0 Å². The molecule has 0 radical (unpaired) electrons. The molecule has 0 saturated heterocycles. The van der Waals surface area contributed by atoms with Crippen LogP contribution in [-0.4, -0.2) is 19.5 Å². The first-order valence-corrected chi connectivity index (χ1v) is 18.8. The Balaban J connectivity index is 1.10. The molecule has 0 amide bonds. The maximum absolute atomic E-state index is 6.57. The van der Waals surface area contributed by atoms with E-state index in [0.29, 0.717) is 17.5 Å². The third-order valence-electron chi connectivity index (χ3n) is 11.2. The van der Waals surface area contributed by atoms with Gasteiger partial charge >= 0.3 is 0 Å². The van der Waals surface area contributed by atoms with E-state index < -0.39 is 0 Å². The van der Waals surface area contributed by atoms with Crippen LogP contribution in [0.1, 0.15) is 0 Å². The summed E-state index contributed by atoms with van der Waals surface area (Å²) in [7, 11) is 0. The Morgan fingerprint density at radius 2 is 0.929 bits per heavy atom. The summed E-state index contributed by atoms with van der Waals surface area (Å²) in [5, 5.41) is 11.8. The fourth-order valence-corrected chi connectivity index (χ4v) is 8.55. The van der Waals surface area contributed by atoms with Crippen molar-refractivity contribution >= 4 is 76.1 Å². The van der Waals surface area contributed by atoms with Gasteiger partial charge in [-0.25, -0.2) is 15.0 Å². The van der Waals surface area contributed by atoms with Gasteiger partial charge in [0.1, 0.15) is 11.2 Å². The SMILES string of the molecule is c1ccc(-c2nc(-c3ccccc3)nc(-c3ccc4ccc5oc6ccc(-n7c8cc9ccccc9cc8c8c9ccccc9ccc87)cc6c5c4c3)n2)cc1. The lowest BCUT2D eigenvalue weighted by Gasteiger charge is -2.10. The summed E-state index contributed by atoms with van der Waals surface area (Å²) >= 11 is 0. The lowest BCUT2D eigenvalue weighted by molar-refractivity contribution is 0.669. The predicted octanol–water partition coefficient (Wildman–Crippen LogP) is 13.3. The molecular formula is C51H30N4O. The topological polar surface area (TPSA) is 56.7 Å². The van der Waals surface area contributed by atoms with Gasteiger partial charge in [0.2, 0.25) is 0 Å². The molecule has 12 aromatic rings. The number of hydrogen-bond acceptors (Lipinski definition) is 4. The van der Waals surface area contributed by atoms with Crippen molar-refractivity contribution in [3.8, 4) is 39.9 Å². The zero-order valence-corrected chi connectivity index (χ0v) is 30.0. The van der Waals surface area contributed by atoms with Gasteiger partial charge < -0.3 is 8.98 Å². The number of benzene rings is 9. The molecule has 3 aromatic heterocycles. The summed E-state index contributed by atoms with van der Waals surface area (Å²) in [5.74, 6) is 1.89. The van der Waals surface area contributed by atoms with Gasteiger partial charge in [0.25, 0.3) is 0 Å². The molecular weight excluding hydrogens is 685 g/mol. The smallest absolute Gasteiger partial charge is 0.164 e. The minimum absolute atomic E-state index is 0.620. The van der Waals surface area contributed by atoms with E-state index in [1.54, 1.807) is 0 Å². The van der Waals surface area contributed by atoms with Crippen molar-refractivity contribution in [1.29, 1.82) is 0 Å². The number of aromatic nitrogens is 4. The third-order valence-corrected chi connectivity index (χ3v) is 11.2. The zero-order chi connectivity index (χ0) is 36.7. The van der Waals surface area contributed by atoms with Crippen LogP contribution in [0, 0.1) is 0 Å². The average molecular weight is 715 g/mol. The first kappa shape index (κ1) is 30.8. The maximum Gasteiger partial charge on any atom is 0.164 e. The van der Waals surface area contributed by atoms with E-state index in [1.165, 1.54) is 43.4 Å². The molecule has 0 N–H and O–H groups in total. The van der Waals surface area contributed by atoms with Crippen molar-refractivity contribution in [1.82, 2.24) is 19.5 Å². The molecule has 5 heteroatoms. The molecule has 56 heavy (non-hydrogen) atoms. The van der Waals surface area contributed by atoms with Crippen molar-refractivity contribution in [3.63, 3.8) is 0 Å². The minimum atomic E-state index is 0.620. The Hall–Kier alpha value is -7.63. The molecule has 0 bridgehead atoms. The number of fused-ring (bicyclic) bond motifs is 11. The summed E-state index contributed by atoms with van der Waals surface area (Å²) in [6, 6.07) is 64.0. The molecule has 0 saturated carbocycles. The minimum Gasteiger partial charge on any atom is -0.456 e. The van der Waals surface area contributed by atoms with Crippen LogP contribution >= 0.6 is 0 Å². The molecule has 0 unspecified atom stereocenters. The van der Waals surface area contributed by atoms with Gasteiger partial charge in [-0.3, -0.25) is 0 Å². The fraction of sp³-hybridized carbons (Fsp3) is 0. The van der Waals surface area contributed by atoms with Crippen LogP contribution in [-0.2, 0) is 0 Å². The van der Waals surface area contributed by atoms with Crippen LogP contribution in [0.15, 0.2) is 186 Å². The van der Waals surface area contributed by atoms with Crippen molar-refractivity contribution in [2.24, 2.45) is 0 Å². The molecule has 0 atom stereocenters. The Bertz CT molecular complexity index is 3470. The van der Waals surface area contributed by atoms with Gasteiger partial charge in [0.05, 0.1) is 11.0 Å². The molecule has 260 valence electrons. The maximum atomic E-state index is 6.57. The molecule has 0 aliphatic heterocycles. The van der Waals surface area contributed by atoms with Gasteiger partial charge in [-0.2, -0.15) is 0 Å². The Labute approximate surface area is 320 Å². The van der Waals surface area contributed by atoms with E-state index in [9.17, 15) is 0 Å². The number of nitrogens with zero attached hydrogens (tertiary/aromatic N) is 4. The van der Waals surface area contributed by atoms with Gasteiger partial charge in [0, 0.05) is 43.9 Å². The molecule has 0 fully saturated rings. The lowest BCUT2D eigenvalue weighted by Crippen LogP contribution is -2.00. The zero-order valence-electron chi connectivity index (χ0n) is 30.0. The highest BCUT2D eigenvalue weighted by molar-refractivity contribution is 6.24. The predicted molar refractivity (Wildman–Crippen MR) is 230 cm³/mol. The highest BCUT2D eigenvalue weighted by atomic mass is 16.3. The highest BCUT2D eigenvalue weighted by Crippen LogP contribution is 2.42. The Morgan fingerprint density at radius 1 is 0.339 bits per heavy atom. The second kappa shape index (κ2) is 11.9. The molecule has 5 nitrogen and oxygen atoms in total. The van der Waals surface area contributed by atoms with Gasteiger partial charge in [-0.05, 0) is 80.8 Å². The van der Waals surface area contributed by atoms with Gasteiger partial charge in [-0.1, -0.05) is 133 Å².